The molecule has 0 spiro atoms. The van der Waals surface area contributed by atoms with Crippen LogP contribution in [0.3, 0.4) is 0 Å². The van der Waals surface area contributed by atoms with Crippen molar-refractivity contribution in [1.82, 2.24) is 14.9 Å². The number of nitrogens with one attached hydrogen (secondary N) is 2. The Morgan fingerprint density at radius 3 is 2.88 bits per heavy atom. The Kier molecular flexibility index (Phi) is 5.94. The third-order valence-electron chi connectivity index (χ3n) is 5.44. The van der Waals surface area contributed by atoms with Gasteiger partial charge in [-0.2, -0.15) is 0 Å². The summed E-state index contributed by atoms with van der Waals surface area (Å²) < 4.78 is 11.8. The smallest absolute Gasteiger partial charge is 0.310 e. The van der Waals surface area contributed by atoms with Gasteiger partial charge in [-0.15, -0.1) is 0 Å². The number of rotatable bonds is 6. The maximum atomic E-state index is 13.1. The number of carbonyl (C=O) groups is 2. The first-order valence-corrected chi connectivity index (χ1v) is 10.6. The molecule has 1 aliphatic rings. The number of carbonyl (C=O) groups excluding carboxylic acids is 2. The van der Waals surface area contributed by atoms with Crippen LogP contribution < -0.4 is 16.6 Å². The monoisotopic (exact) mass is 458 g/mol. The van der Waals surface area contributed by atoms with Gasteiger partial charge in [-0.3, -0.25) is 14.4 Å². The lowest BCUT2D eigenvalue weighted by molar-refractivity contribution is -0.164. The molecular formula is C22H23ClN4O5. The number of aromatic nitrogens is 2. The molecule has 1 fully saturated rings. The van der Waals surface area contributed by atoms with E-state index in [9.17, 15) is 14.4 Å². The van der Waals surface area contributed by atoms with Crippen LogP contribution in [0.4, 0.5) is 5.69 Å². The van der Waals surface area contributed by atoms with E-state index in [1.54, 1.807) is 44.3 Å². The summed E-state index contributed by atoms with van der Waals surface area (Å²) in [7, 11) is 0. The fraction of sp³-hybridized carbons (Fsp3) is 0.318. The van der Waals surface area contributed by atoms with Crippen molar-refractivity contribution in [2.24, 2.45) is 0 Å². The standard InChI is InChI=1S/C22H23ClN4O5/c1-3-31-22-17(10-18(28)32-22)26-20(29)11(2)27-7-6-13-9-16(25-19(13)21(27)30)12-4-5-15(24)14(23)8-12/h4-9,11,17,22,25H,3,10,24H2,1-2H3,(H,26,29)/t11?,17-,22+/m0/s1. The molecule has 4 N–H and O–H groups in total. The Labute approximate surface area is 188 Å². The van der Waals surface area contributed by atoms with Gasteiger partial charge in [0.05, 0.1) is 17.1 Å². The zero-order chi connectivity index (χ0) is 23.0. The van der Waals surface area contributed by atoms with Gasteiger partial charge in [0.2, 0.25) is 12.2 Å². The Morgan fingerprint density at radius 1 is 1.38 bits per heavy atom. The molecule has 1 aromatic carbocycles. The van der Waals surface area contributed by atoms with E-state index < -0.39 is 30.3 Å². The molecule has 168 valence electrons. The summed E-state index contributed by atoms with van der Waals surface area (Å²) in [5, 5.41) is 3.88. The van der Waals surface area contributed by atoms with Gasteiger partial charge in [-0.1, -0.05) is 17.7 Å². The number of hydrogen-bond donors (Lipinski definition) is 3. The Morgan fingerprint density at radius 2 is 2.16 bits per heavy atom. The lowest BCUT2D eigenvalue weighted by atomic mass is 10.1. The molecule has 0 saturated carbocycles. The zero-order valence-electron chi connectivity index (χ0n) is 17.6. The SMILES string of the molecule is CCO[C@@H]1OC(=O)C[C@@H]1NC(=O)C(C)n1ccc2cc(-c3ccc(N)c(Cl)c3)[nH]c2c1=O. The molecule has 0 bridgehead atoms. The van der Waals surface area contributed by atoms with Crippen LogP contribution in [0.5, 0.6) is 0 Å². The van der Waals surface area contributed by atoms with Crippen LogP contribution in [0.1, 0.15) is 26.3 Å². The van der Waals surface area contributed by atoms with Crippen LogP contribution in [0.25, 0.3) is 22.2 Å². The van der Waals surface area contributed by atoms with Crippen LogP contribution in [0, 0.1) is 0 Å². The van der Waals surface area contributed by atoms with Crippen LogP contribution in [-0.2, 0) is 19.1 Å². The Bertz CT molecular complexity index is 1250. The molecule has 1 saturated heterocycles. The second kappa shape index (κ2) is 8.68. The number of benzene rings is 1. The van der Waals surface area contributed by atoms with E-state index in [1.165, 1.54) is 4.57 Å². The number of fused-ring (bicyclic) bond motifs is 1. The van der Waals surface area contributed by atoms with Gasteiger partial charge in [0, 0.05) is 23.9 Å². The number of aromatic amines is 1. The minimum atomic E-state index is -0.833. The van der Waals surface area contributed by atoms with E-state index in [0.29, 0.717) is 33.9 Å². The number of pyridine rings is 1. The molecule has 9 nitrogen and oxygen atoms in total. The number of esters is 1. The summed E-state index contributed by atoms with van der Waals surface area (Å²) in [5.74, 6) is -0.863. The van der Waals surface area contributed by atoms with Crippen molar-refractivity contribution >= 4 is 40.1 Å². The second-order valence-electron chi connectivity index (χ2n) is 7.59. The maximum Gasteiger partial charge on any atom is 0.310 e. The number of H-pyrrole nitrogens is 1. The molecule has 3 atom stereocenters. The number of cyclic esters (lactones) is 1. The average molecular weight is 459 g/mol. The number of nitrogens with two attached hydrogens (primary N) is 1. The van der Waals surface area contributed by atoms with Crippen molar-refractivity contribution in [2.45, 2.75) is 38.6 Å². The third kappa shape index (κ3) is 4.09. The minimum absolute atomic E-state index is 0.0151. The summed E-state index contributed by atoms with van der Waals surface area (Å²) in [5.41, 5.74) is 7.74. The van der Waals surface area contributed by atoms with Crippen molar-refractivity contribution in [1.29, 1.82) is 0 Å². The number of amides is 1. The molecular weight excluding hydrogens is 436 g/mol. The number of hydrogen-bond acceptors (Lipinski definition) is 6. The quantitative estimate of drug-likeness (QED) is 0.384. The highest BCUT2D eigenvalue weighted by Gasteiger charge is 2.37. The van der Waals surface area contributed by atoms with Gasteiger partial charge in [-0.05, 0) is 43.7 Å². The van der Waals surface area contributed by atoms with Crippen molar-refractivity contribution in [3.63, 3.8) is 0 Å². The highest BCUT2D eigenvalue weighted by Crippen LogP contribution is 2.28. The lowest BCUT2D eigenvalue weighted by Crippen LogP contribution is -2.45. The molecule has 1 aliphatic heterocycles. The van der Waals surface area contributed by atoms with Crippen molar-refractivity contribution in [3.8, 4) is 11.3 Å². The van der Waals surface area contributed by atoms with E-state index >= 15 is 0 Å². The van der Waals surface area contributed by atoms with E-state index in [0.717, 1.165) is 5.56 Å². The van der Waals surface area contributed by atoms with Gasteiger partial charge in [0.25, 0.3) is 5.56 Å². The summed E-state index contributed by atoms with van der Waals surface area (Å²) >= 11 is 6.12. The van der Waals surface area contributed by atoms with Crippen LogP contribution in [0.15, 0.2) is 41.3 Å². The number of nitrogen functional groups attached to an aromatic ring is 1. The third-order valence-corrected chi connectivity index (χ3v) is 5.77. The van der Waals surface area contributed by atoms with Gasteiger partial charge in [0.1, 0.15) is 17.6 Å². The first kappa shape index (κ1) is 21.9. The van der Waals surface area contributed by atoms with Gasteiger partial charge >= 0.3 is 5.97 Å². The van der Waals surface area contributed by atoms with Crippen LogP contribution in [0.2, 0.25) is 5.02 Å². The highest BCUT2D eigenvalue weighted by molar-refractivity contribution is 6.33. The van der Waals surface area contributed by atoms with E-state index in [1.807, 2.05) is 6.07 Å². The summed E-state index contributed by atoms with van der Waals surface area (Å²) in [6, 6.07) is 7.38. The molecule has 1 unspecified atom stereocenters. The maximum absolute atomic E-state index is 13.1. The topological polar surface area (TPSA) is 128 Å². The minimum Gasteiger partial charge on any atom is -0.433 e. The number of anilines is 1. The average Bonchev–Trinajstić information content (AvgIpc) is 3.34. The second-order valence-corrected chi connectivity index (χ2v) is 7.99. The van der Waals surface area contributed by atoms with Crippen molar-refractivity contribution in [3.05, 3.63) is 51.9 Å². The molecule has 0 aliphatic carbocycles. The zero-order valence-corrected chi connectivity index (χ0v) is 18.3. The van der Waals surface area contributed by atoms with Gasteiger partial charge < -0.3 is 30.1 Å². The predicted molar refractivity (Wildman–Crippen MR) is 120 cm³/mol. The summed E-state index contributed by atoms with van der Waals surface area (Å²) in [4.78, 5) is 40.6. The Hall–Kier alpha value is -3.30. The molecule has 32 heavy (non-hydrogen) atoms. The Balaban J connectivity index is 1.59. The van der Waals surface area contributed by atoms with Gasteiger partial charge in [0.15, 0.2) is 0 Å². The molecule has 2 aromatic heterocycles. The fourth-order valence-electron chi connectivity index (χ4n) is 3.69. The van der Waals surface area contributed by atoms with E-state index in [-0.39, 0.29) is 12.0 Å². The predicted octanol–water partition coefficient (Wildman–Crippen LogP) is 2.59. The molecule has 10 heteroatoms. The van der Waals surface area contributed by atoms with Crippen LogP contribution >= 0.6 is 11.6 Å². The first-order chi connectivity index (χ1) is 15.3. The normalized spacial score (nSPS) is 19.2. The summed E-state index contributed by atoms with van der Waals surface area (Å²) in [6.07, 6.45) is 0.751. The fourth-order valence-corrected chi connectivity index (χ4v) is 3.87. The molecule has 0 radical (unpaired) electrons. The number of ether oxygens (including phenoxy) is 2. The molecule has 1 amide bonds. The lowest BCUT2D eigenvalue weighted by Gasteiger charge is -2.21. The summed E-state index contributed by atoms with van der Waals surface area (Å²) in [6.45, 7) is 3.72. The van der Waals surface area contributed by atoms with E-state index in [2.05, 4.69) is 10.3 Å². The van der Waals surface area contributed by atoms with Crippen molar-refractivity contribution in [2.75, 3.05) is 12.3 Å². The van der Waals surface area contributed by atoms with Crippen molar-refractivity contribution < 1.29 is 19.1 Å². The number of halogens is 1. The molecule has 3 heterocycles. The van der Waals surface area contributed by atoms with Crippen LogP contribution in [-0.4, -0.2) is 40.4 Å². The highest BCUT2D eigenvalue weighted by atomic mass is 35.5. The number of nitrogens with zero attached hydrogens (tertiary/aromatic N) is 1. The van der Waals surface area contributed by atoms with E-state index in [4.69, 9.17) is 26.8 Å². The first-order valence-electron chi connectivity index (χ1n) is 10.2. The molecule has 3 aromatic rings. The largest absolute Gasteiger partial charge is 0.433 e. The van der Waals surface area contributed by atoms with Gasteiger partial charge in [-0.25, -0.2) is 0 Å². The molecule has 4 rings (SSSR count).